The Morgan fingerprint density at radius 1 is 1.38 bits per heavy atom. The molecular weight excluding hydrogens is 202 g/mol. The minimum atomic E-state index is 0.302. The highest BCUT2D eigenvalue weighted by Crippen LogP contribution is 2.25. The molecule has 0 saturated heterocycles. The molecule has 2 N–H and O–H groups in total. The summed E-state index contributed by atoms with van der Waals surface area (Å²) in [6, 6.07) is 4.53. The third-order valence-corrected chi connectivity index (χ3v) is 3.50. The van der Waals surface area contributed by atoms with Crippen LogP contribution < -0.4 is 5.32 Å². The van der Waals surface area contributed by atoms with Crippen LogP contribution in [-0.2, 0) is 13.0 Å². The van der Waals surface area contributed by atoms with E-state index in [1.54, 1.807) is 0 Å². The van der Waals surface area contributed by atoms with Gasteiger partial charge in [-0.25, -0.2) is 0 Å². The van der Waals surface area contributed by atoms with E-state index < -0.39 is 0 Å². The quantitative estimate of drug-likeness (QED) is 0.803. The molecule has 1 heterocycles. The Hall–Kier alpha value is -0.800. The summed E-state index contributed by atoms with van der Waals surface area (Å²) in [6.07, 6.45) is 4.49. The molecule has 0 aromatic carbocycles. The second-order valence-corrected chi connectivity index (χ2v) is 4.58. The maximum absolute atomic E-state index is 9.21. The van der Waals surface area contributed by atoms with Crippen molar-refractivity contribution < 1.29 is 9.52 Å². The van der Waals surface area contributed by atoms with Gasteiger partial charge >= 0.3 is 0 Å². The Labute approximate surface area is 96.8 Å². The van der Waals surface area contributed by atoms with Crippen LogP contribution in [0.2, 0.25) is 0 Å². The molecular formula is C13H21NO2. The molecule has 0 bridgehead atoms. The largest absolute Gasteiger partial charge is 0.465 e. The molecule has 3 nitrogen and oxygen atoms in total. The molecule has 1 aromatic heterocycles. The average molecular weight is 223 g/mol. The van der Waals surface area contributed by atoms with Crippen molar-refractivity contribution in [1.29, 1.82) is 0 Å². The molecule has 0 radical (unpaired) electrons. The third-order valence-electron chi connectivity index (χ3n) is 3.50. The lowest BCUT2D eigenvalue weighted by Crippen LogP contribution is -2.33. The maximum atomic E-state index is 9.21. The summed E-state index contributed by atoms with van der Waals surface area (Å²) in [7, 11) is 0. The predicted molar refractivity (Wildman–Crippen MR) is 63.1 cm³/mol. The Morgan fingerprint density at radius 3 is 2.88 bits per heavy atom. The van der Waals surface area contributed by atoms with Crippen LogP contribution in [0.1, 0.15) is 37.7 Å². The van der Waals surface area contributed by atoms with Gasteiger partial charge in [-0.15, -0.1) is 0 Å². The Bertz CT molecular complexity index is 321. The summed E-state index contributed by atoms with van der Waals surface area (Å²) in [6.45, 7) is 3.17. The zero-order valence-electron chi connectivity index (χ0n) is 9.91. The fourth-order valence-corrected chi connectivity index (χ4v) is 2.46. The van der Waals surface area contributed by atoms with Gasteiger partial charge in [0.15, 0.2) is 0 Å². The van der Waals surface area contributed by atoms with Crippen molar-refractivity contribution in [3.05, 3.63) is 23.7 Å². The molecule has 16 heavy (non-hydrogen) atoms. The molecule has 0 amide bonds. The zero-order valence-corrected chi connectivity index (χ0v) is 9.91. The summed E-state index contributed by atoms with van der Waals surface area (Å²) < 4.78 is 5.64. The number of rotatable bonds is 5. The van der Waals surface area contributed by atoms with E-state index in [-0.39, 0.29) is 0 Å². The minimum absolute atomic E-state index is 0.302. The first-order valence-electron chi connectivity index (χ1n) is 6.25. The van der Waals surface area contributed by atoms with E-state index in [1.807, 2.05) is 12.1 Å². The highest BCUT2D eigenvalue weighted by atomic mass is 16.3. The van der Waals surface area contributed by atoms with Gasteiger partial charge < -0.3 is 14.8 Å². The minimum Gasteiger partial charge on any atom is -0.465 e. The van der Waals surface area contributed by atoms with Crippen LogP contribution in [0.4, 0.5) is 0 Å². The molecule has 1 fully saturated rings. The van der Waals surface area contributed by atoms with Crippen LogP contribution in [0.15, 0.2) is 16.5 Å². The second kappa shape index (κ2) is 5.51. The van der Waals surface area contributed by atoms with Crippen LogP contribution in [-0.4, -0.2) is 17.8 Å². The van der Waals surface area contributed by atoms with Crippen molar-refractivity contribution in [3.63, 3.8) is 0 Å². The van der Waals surface area contributed by atoms with Gasteiger partial charge in [0.2, 0.25) is 0 Å². The normalized spacial score (nSPS) is 25.1. The number of aliphatic hydroxyl groups is 1. The lowest BCUT2D eigenvalue weighted by Gasteiger charge is -2.18. The number of aliphatic hydroxyl groups excluding tert-OH is 1. The van der Waals surface area contributed by atoms with E-state index >= 15 is 0 Å². The SMILES string of the molecule is CCc1ccc(CNC2CCCC2CO)o1. The molecule has 1 aliphatic carbocycles. The topological polar surface area (TPSA) is 45.4 Å². The van der Waals surface area contributed by atoms with Gasteiger partial charge in [0.25, 0.3) is 0 Å². The Morgan fingerprint density at radius 2 is 2.19 bits per heavy atom. The monoisotopic (exact) mass is 223 g/mol. The van der Waals surface area contributed by atoms with E-state index in [4.69, 9.17) is 4.42 Å². The summed E-state index contributed by atoms with van der Waals surface area (Å²) >= 11 is 0. The summed E-state index contributed by atoms with van der Waals surface area (Å²) in [5.41, 5.74) is 0. The molecule has 2 atom stereocenters. The standard InChI is InChI=1S/C13H21NO2/c1-2-11-6-7-12(16-11)8-14-13-5-3-4-10(13)9-15/h6-7,10,13-15H,2-5,8-9H2,1H3. The van der Waals surface area contributed by atoms with Crippen molar-refractivity contribution in [1.82, 2.24) is 5.32 Å². The number of hydrogen-bond acceptors (Lipinski definition) is 3. The first kappa shape index (κ1) is 11.7. The predicted octanol–water partition coefficient (Wildman–Crippen LogP) is 2.09. The molecule has 0 spiro atoms. The van der Waals surface area contributed by atoms with E-state index in [0.717, 1.165) is 30.9 Å². The molecule has 90 valence electrons. The average Bonchev–Trinajstić information content (AvgIpc) is 2.94. The number of hydrogen-bond donors (Lipinski definition) is 2. The van der Waals surface area contributed by atoms with Crippen LogP contribution in [0.25, 0.3) is 0 Å². The fourth-order valence-electron chi connectivity index (χ4n) is 2.46. The van der Waals surface area contributed by atoms with Gasteiger partial charge in [-0.05, 0) is 30.9 Å². The van der Waals surface area contributed by atoms with Crippen molar-refractivity contribution in [2.45, 2.75) is 45.2 Å². The second-order valence-electron chi connectivity index (χ2n) is 4.58. The van der Waals surface area contributed by atoms with E-state index in [0.29, 0.717) is 18.6 Å². The van der Waals surface area contributed by atoms with Crippen molar-refractivity contribution in [3.8, 4) is 0 Å². The van der Waals surface area contributed by atoms with Crippen molar-refractivity contribution in [2.24, 2.45) is 5.92 Å². The molecule has 1 aliphatic rings. The van der Waals surface area contributed by atoms with Crippen LogP contribution in [0, 0.1) is 5.92 Å². The first-order valence-corrected chi connectivity index (χ1v) is 6.25. The highest BCUT2D eigenvalue weighted by molar-refractivity contribution is 5.07. The molecule has 2 rings (SSSR count). The third kappa shape index (κ3) is 2.66. The van der Waals surface area contributed by atoms with Crippen LogP contribution in [0.3, 0.4) is 0 Å². The molecule has 1 saturated carbocycles. The Balaban J connectivity index is 1.82. The number of furan rings is 1. The van der Waals surface area contributed by atoms with Gasteiger partial charge in [-0.1, -0.05) is 13.3 Å². The van der Waals surface area contributed by atoms with Gasteiger partial charge in [-0.2, -0.15) is 0 Å². The maximum Gasteiger partial charge on any atom is 0.117 e. The summed E-state index contributed by atoms with van der Waals surface area (Å²) in [5, 5.41) is 12.7. The molecule has 0 aliphatic heterocycles. The van der Waals surface area contributed by atoms with Crippen LogP contribution in [0.5, 0.6) is 0 Å². The van der Waals surface area contributed by atoms with E-state index in [2.05, 4.69) is 12.2 Å². The number of nitrogens with one attached hydrogen (secondary N) is 1. The molecule has 1 aromatic rings. The lowest BCUT2D eigenvalue weighted by molar-refractivity contribution is 0.203. The highest BCUT2D eigenvalue weighted by Gasteiger charge is 2.25. The van der Waals surface area contributed by atoms with Crippen molar-refractivity contribution in [2.75, 3.05) is 6.61 Å². The summed E-state index contributed by atoms with van der Waals surface area (Å²) in [5.74, 6) is 2.47. The van der Waals surface area contributed by atoms with Crippen LogP contribution >= 0.6 is 0 Å². The smallest absolute Gasteiger partial charge is 0.117 e. The molecule has 2 unspecified atom stereocenters. The molecule has 3 heteroatoms. The van der Waals surface area contributed by atoms with Crippen molar-refractivity contribution >= 4 is 0 Å². The number of aryl methyl sites for hydroxylation is 1. The zero-order chi connectivity index (χ0) is 11.4. The lowest BCUT2D eigenvalue weighted by atomic mass is 10.1. The van der Waals surface area contributed by atoms with Gasteiger partial charge in [0.1, 0.15) is 11.5 Å². The fraction of sp³-hybridized carbons (Fsp3) is 0.692. The first-order chi connectivity index (χ1) is 7.83. The van der Waals surface area contributed by atoms with Gasteiger partial charge in [0, 0.05) is 19.1 Å². The van der Waals surface area contributed by atoms with Gasteiger partial charge in [-0.3, -0.25) is 0 Å². The van der Waals surface area contributed by atoms with E-state index in [1.165, 1.54) is 12.8 Å². The Kier molecular flexibility index (Phi) is 4.02. The van der Waals surface area contributed by atoms with Gasteiger partial charge in [0.05, 0.1) is 6.54 Å². The summed E-state index contributed by atoms with van der Waals surface area (Å²) in [4.78, 5) is 0. The van der Waals surface area contributed by atoms with E-state index in [9.17, 15) is 5.11 Å².